The lowest BCUT2D eigenvalue weighted by Crippen LogP contribution is -2.48. The Kier molecular flexibility index (Phi) is 2.46. The molecule has 1 nitrogen and oxygen atoms in total. The molecular formula is C17H21FO. The Balaban J connectivity index is 1.81. The second kappa shape index (κ2) is 3.97. The first kappa shape index (κ1) is 11.7. The fourth-order valence-corrected chi connectivity index (χ4v) is 5.57. The first-order valence-electron chi connectivity index (χ1n) is 7.53. The summed E-state index contributed by atoms with van der Waals surface area (Å²) in [7, 11) is 1.60. The molecule has 19 heavy (non-hydrogen) atoms. The van der Waals surface area contributed by atoms with E-state index in [0.29, 0.717) is 5.75 Å². The molecule has 2 heteroatoms. The lowest BCUT2D eigenvalue weighted by molar-refractivity contribution is -0.00636. The predicted octanol–water partition coefficient (Wildman–Crippen LogP) is 4.30. The zero-order chi connectivity index (χ0) is 13.0. The van der Waals surface area contributed by atoms with Crippen LogP contribution in [0.3, 0.4) is 0 Å². The standard InChI is InChI=1S/C17H21FO/c1-19-16-14(3-2-4-15(16)18)17-8-11-5-12(9-17)7-13(6-11)10-17/h2-4,11-13H,5-10H2,1H3. The predicted molar refractivity (Wildman–Crippen MR) is 72.8 cm³/mol. The third-order valence-electron chi connectivity index (χ3n) is 5.78. The molecule has 0 N–H and O–H groups in total. The van der Waals surface area contributed by atoms with Crippen molar-refractivity contribution in [2.45, 2.75) is 43.9 Å². The molecule has 0 aromatic heterocycles. The molecule has 4 bridgehead atoms. The van der Waals surface area contributed by atoms with Gasteiger partial charge in [0, 0.05) is 5.56 Å². The summed E-state index contributed by atoms with van der Waals surface area (Å²) in [5.74, 6) is 2.93. The Labute approximate surface area is 114 Å². The average Bonchev–Trinajstić information content (AvgIpc) is 2.36. The van der Waals surface area contributed by atoms with Gasteiger partial charge >= 0.3 is 0 Å². The minimum atomic E-state index is -0.198. The van der Waals surface area contributed by atoms with E-state index in [1.807, 2.05) is 6.07 Å². The molecule has 4 aliphatic carbocycles. The summed E-state index contributed by atoms with van der Waals surface area (Å²) < 4.78 is 19.4. The van der Waals surface area contributed by atoms with Crippen LogP contribution in [0, 0.1) is 23.6 Å². The van der Waals surface area contributed by atoms with E-state index >= 15 is 0 Å². The summed E-state index contributed by atoms with van der Waals surface area (Å²) in [6.45, 7) is 0. The fourth-order valence-electron chi connectivity index (χ4n) is 5.57. The van der Waals surface area contributed by atoms with Crippen molar-refractivity contribution in [1.29, 1.82) is 0 Å². The molecule has 0 aliphatic heterocycles. The van der Waals surface area contributed by atoms with E-state index in [9.17, 15) is 4.39 Å². The van der Waals surface area contributed by atoms with E-state index < -0.39 is 0 Å². The van der Waals surface area contributed by atoms with Gasteiger partial charge in [0.25, 0.3) is 0 Å². The monoisotopic (exact) mass is 260 g/mol. The van der Waals surface area contributed by atoms with Crippen LogP contribution in [-0.2, 0) is 5.41 Å². The van der Waals surface area contributed by atoms with Crippen LogP contribution in [0.4, 0.5) is 4.39 Å². The van der Waals surface area contributed by atoms with Crippen molar-refractivity contribution in [3.8, 4) is 5.75 Å². The second-order valence-corrected chi connectivity index (χ2v) is 7.02. The smallest absolute Gasteiger partial charge is 0.165 e. The summed E-state index contributed by atoms with van der Waals surface area (Å²) in [6.07, 6.45) is 7.99. The van der Waals surface area contributed by atoms with Gasteiger partial charge in [-0.15, -0.1) is 0 Å². The number of hydrogen-bond donors (Lipinski definition) is 0. The van der Waals surface area contributed by atoms with Gasteiger partial charge in [-0.05, 0) is 67.8 Å². The van der Waals surface area contributed by atoms with Crippen LogP contribution < -0.4 is 4.74 Å². The Morgan fingerprint density at radius 2 is 1.63 bits per heavy atom. The van der Waals surface area contributed by atoms with Gasteiger partial charge < -0.3 is 4.74 Å². The zero-order valence-electron chi connectivity index (χ0n) is 11.5. The number of ether oxygens (including phenoxy) is 1. The first-order valence-corrected chi connectivity index (χ1v) is 7.53. The summed E-state index contributed by atoms with van der Waals surface area (Å²) in [4.78, 5) is 0. The maximum absolute atomic E-state index is 14.0. The van der Waals surface area contributed by atoms with Crippen molar-refractivity contribution in [1.82, 2.24) is 0 Å². The van der Waals surface area contributed by atoms with Gasteiger partial charge in [-0.1, -0.05) is 12.1 Å². The average molecular weight is 260 g/mol. The van der Waals surface area contributed by atoms with Crippen LogP contribution in [0.25, 0.3) is 0 Å². The third kappa shape index (κ3) is 1.65. The van der Waals surface area contributed by atoms with Crippen LogP contribution in [0.5, 0.6) is 5.75 Å². The highest BCUT2D eigenvalue weighted by atomic mass is 19.1. The van der Waals surface area contributed by atoms with E-state index in [1.165, 1.54) is 44.6 Å². The lowest BCUT2D eigenvalue weighted by atomic mass is 9.48. The van der Waals surface area contributed by atoms with Gasteiger partial charge in [0.05, 0.1) is 7.11 Å². The molecule has 4 fully saturated rings. The van der Waals surface area contributed by atoms with Crippen LogP contribution in [0.15, 0.2) is 18.2 Å². The summed E-state index contributed by atoms with van der Waals surface area (Å²) >= 11 is 0. The Morgan fingerprint density at radius 3 is 2.16 bits per heavy atom. The van der Waals surface area contributed by atoms with Crippen molar-refractivity contribution in [3.05, 3.63) is 29.6 Å². The number of rotatable bonds is 2. The van der Waals surface area contributed by atoms with Crippen molar-refractivity contribution < 1.29 is 9.13 Å². The van der Waals surface area contributed by atoms with Crippen LogP contribution in [0.2, 0.25) is 0 Å². The van der Waals surface area contributed by atoms with Crippen LogP contribution in [0.1, 0.15) is 44.1 Å². The molecular weight excluding hydrogens is 239 g/mol. The Bertz CT molecular complexity index is 473. The molecule has 102 valence electrons. The molecule has 1 aromatic carbocycles. The highest BCUT2D eigenvalue weighted by Gasteiger charge is 2.52. The first-order chi connectivity index (χ1) is 9.20. The van der Waals surface area contributed by atoms with Crippen molar-refractivity contribution in [3.63, 3.8) is 0 Å². The molecule has 1 aromatic rings. The molecule has 0 unspecified atom stereocenters. The van der Waals surface area contributed by atoms with Crippen molar-refractivity contribution in [2.24, 2.45) is 17.8 Å². The summed E-state index contributed by atoms with van der Waals surface area (Å²) in [5.41, 5.74) is 1.36. The van der Waals surface area contributed by atoms with Gasteiger partial charge in [-0.3, -0.25) is 0 Å². The van der Waals surface area contributed by atoms with Gasteiger partial charge in [0.2, 0.25) is 0 Å². The molecule has 0 amide bonds. The summed E-state index contributed by atoms with van der Waals surface area (Å²) in [6, 6.07) is 5.48. The largest absolute Gasteiger partial charge is 0.493 e. The maximum Gasteiger partial charge on any atom is 0.165 e. The van der Waals surface area contributed by atoms with E-state index in [4.69, 9.17) is 4.74 Å². The molecule has 0 radical (unpaired) electrons. The molecule has 0 atom stereocenters. The lowest BCUT2D eigenvalue weighted by Gasteiger charge is -2.57. The molecule has 4 saturated carbocycles. The second-order valence-electron chi connectivity index (χ2n) is 7.02. The van der Waals surface area contributed by atoms with E-state index in [1.54, 1.807) is 7.11 Å². The van der Waals surface area contributed by atoms with Gasteiger partial charge in [0.1, 0.15) is 0 Å². The highest BCUT2D eigenvalue weighted by molar-refractivity contribution is 5.42. The van der Waals surface area contributed by atoms with Crippen molar-refractivity contribution in [2.75, 3.05) is 7.11 Å². The zero-order valence-corrected chi connectivity index (χ0v) is 11.5. The topological polar surface area (TPSA) is 9.23 Å². The minimum absolute atomic E-state index is 0.198. The number of para-hydroxylation sites is 1. The molecule has 0 spiro atoms. The Morgan fingerprint density at radius 1 is 1.05 bits per heavy atom. The fraction of sp³-hybridized carbons (Fsp3) is 0.647. The van der Waals surface area contributed by atoms with Gasteiger partial charge in [-0.2, -0.15) is 0 Å². The molecule has 0 saturated heterocycles. The third-order valence-corrected chi connectivity index (χ3v) is 5.78. The Hall–Kier alpha value is -1.05. The highest BCUT2D eigenvalue weighted by Crippen LogP contribution is 2.61. The molecule has 0 heterocycles. The van der Waals surface area contributed by atoms with Crippen LogP contribution in [-0.4, -0.2) is 7.11 Å². The SMILES string of the molecule is COc1c(F)cccc1C12CC3CC(CC(C3)C1)C2. The summed E-state index contributed by atoms with van der Waals surface area (Å²) in [5, 5.41) is 0. The number of methoxy groups -OCH3 is 1. The maximum atomic E-state index is 14.0. The normalized spacial score (nSPS) is 39.6. The van der Waals surface area contributed by atoms with E-state index in [0.717, 1.165) is 23.3 Å². The van der Waals surface area contributed by atoms with E-state index in [2.05, 4.69) is 6.07 Å². The number of hydrogen-bond acceptors (Lipinski definition) is 1. The van der Waals surface area contributed by atoms with Gasteiger partial charge in [-0.25, -0.2) is 4.39 Å². The quantitative estimate of drug-likeness (QED) is 0.770. The molecule has 5 rings (SSSR count). The number of benzene rings is 1. The van der Waals surface area contributed by atoms with Crippen LogP contribution >= 0.6 is 0 Å². The van der Waals surface area contributed by atoms with Crippen molar-refractivity contribution >= 4 is 0 Å². The van der Waals surface area contributed by atoms with Gasteiger partial charge in [0.15, 0.2) is 11.6 Å². The minimum Gasteiger partial charge on any atom is -0.493 e. The molecule has 4 aliphatic rings. The number of halogens is 1. The van der Waals surface area contributed by atoms with E-state index in [-0.39, 0.29) is 11.2 Å².